The average molecular weight is 286 g/mol. The van der Waals surface area contributed by atoms with E-state index in [1.54, 1.807) is 11.3 Å². The van der Waals surface area contributed by atoms with Gasteiger partial charge in [0.15, 0.2) is 0 Å². The first-order valence-electron chi connectivity index (χ1n) is 6.17. The Morgan fingerprint density at radius 1 is 1.35 bits per heavy atom. The number of nitrogen functional groups attached to an aromatic ring is 1. The molecule has 5 nitrogen and oxygen atoms in total. The quantitative estimate of drug-likeness (QED) is 0.769. The van der Waals surface area contributed by atoms with E-state index in [0.29, 0.717) is 5.89 Å². The van der Waals surface area contributed by atoms with E-state index in [4.69, 9.17) is 10.2 Å². The first kappa shape index (κ1) is 12.7. The number of anilines is 2. The van der Waals surface area contributed by atoms with Crippen molar-refractivity contribution in [3.63, 3.8) is 0 Å². The number of hydrogen-bond donors (Lipinski definition) is 2. The molecule has 0 radical (unpaired) electrons. The second kappa shape index (κ2) is 5.34. The van der Waals surface area contributed by atoms with Gasteiger partial charge < -0.3 is 15.5 Å². The highest BCUT2D eigenvalue weighted by Gasteiger charge is 2.07. The van der Waals surface area contributed by atoms with Gasteiger partial charge in [0.05, 0.1) is 6.54 Å². The summed E-state index contributed by atoms with van der Waals surface area (Å²) in [6.45, 7) is 2.77. The molecule has 6 heteroatoms. The lowest BCUT2D eigenvalue weighted by molar-refractivity contribution is 0.568. The highest BCUT2D eigenvalue weighted by atomic mass is 32.1. The molecule has 0 bridgehead atoms. The predicted octanol–water partition coefficient (Wildman–Crippen LogP) is 3.30. The van der Waals surface area contributed by atoms with Gasteiger partial charge in [0.25, 0.3) is 0 Å². The van der Waals surface area contributed by atoms with Crippen LogP contribution in [0.25, 0.3) is 11.5 Å². The van der Waals surface area contributed by atoms with E-state index in [9.17, 15) is 0 Å². The minimum absolute atomic E-state index is 0.530. The molecule has 2 heterocycles. The highest BCUT2D eigenvalue weighted by Crippen LogP contribution is 2.25. The van der Waals surface area contributed by atoms with Crippen LogP contribution < -0.4 is 11.1 Å². The lowest BCUT2D eigenvalue weighted by Crippen LogP contribution is -2.01. The molecule has 0 aliphatic carbocycles. The highest BCUT2D eigenvalue weighted by molar-refractivity contribution is 7.10. The van der Waals surface area contributed by atoms with Crippen molar-refractivity contribution in [3.8, 4) is 11.5 Å². The van der Waals surface area contributed by atoms with Crippen molar-refractivity contribution in [2.45, 2.75) is 13.5 Å². The van der Waals surface area contributed by atoms with Crippen LogP contribution in [0.15, 0.2) is 40.5 Å². The van der Waals surface area contributed by atoms with Gasteiger partial charge in [0.1, 0.15) is 0 Å². The number of nitrogens with zero attached hydrogens (tertiary/aromatic N) is 2. The number of nitrogens with two attached hydrogens (primary N) is 1. The third kappa shape index (κ3) is 2.50. The van der Waals surface area contributed by atoms with Crippen LogP contribution in [0.1, 0.15) is 10.4 Å². The molecular formula is C14H14N4OS. The van der Waals surface area contributed by atoms with Crippen molar-refractivity contribution >= 4 is 22.7 Å². The van der Waals surface area contributed by atoms with E-state index in [1.807, 2.05) is 36.6 Å². The molecule has 0 unspecified atom stereocenters. The van der Waals surface area contributed by atoms with E-state index in [1.165, 1.54) is 6.39 Å². The minimum atomic E-state index is 0.530. The number of aryl methyl sites for hydroxylation is 1. The van der Waals surface area contributed by atoms with Crippen molar-refractivity contribution < 1.29 is 4.42 Å². The van der Waals surface area contributed by atoms with Crippen molar-refractivity contribution in [1.82, 2.24) is 10.2 Å². The van der Waals surface area contributed by atoms with Gasteiger partial charge in [-0.2, -0.15) is 0 Å². The van der Waals surface area contributed by atoms with Gasteiger partial charge in [-0.1, -0.05) is 0 Å². The van der Waals surface area contributed by atoms with Crippen LogP contribution in [-0.2, 0) is 6.54 Å². The van der Waals surface area contributed by atoms with Crippen LogP contribution in [-0.4, -0.2) is 10.2 Å². The van der Waals surface area contributed by atoms with Gasteiger partial charge in [-0.05, 0) is 42.1 Å². The summed E-state index contributed by atoms with van der Waals surface area (Å²) in [5.74, 6) is 0.530. The molecule has 0 fully saturated rings. The number of rotatable bonds is 4. The van der Waals surface area contributed by atoms with Crippen LogP contribution >= 0.6 is 11.3 Å². The third-order valence-electron chi connectivity index (χ3n) is 3.05. The van der Waals surface area contributed by atoms with E-state index in [2.05, 4.69) is 15.5 Å². The second-order valence-corrected chi connectivity index (χ2v) is 5.43. The van der Waals surface area contributed by atoms with E-state index in [0.717, 1.165) is 33.9 Å². The van der Waals surface area contributed by atoms with Crippen LogP contribution in [0.5, 0.6) is 0 Å². The molecule has 20 heavy (non-hydrogen) atoms. The Kier molecular flexibility index (Phi) is 3.39. The predicted molar refractivity (Wildman–Crippen MR) is 80.5 cm³/mol. The van der Waals surface area contributed by atoms with E-state index in [-0.39, 0.29) is 0 Å². The van der Waals surface area contributed by atoms with Crippen molar-refractivity contribution in [3.05, 3.63) is 46.5 Å². The summed E-state index contributed by atoms with van der Waals surface area (Å²) in [7, 11) is 0. The monoisotopic (exact) mass is 286 g/mol. The molecule has 0 atom stereocenters. The number of benzene rings is 1. The zero-order chi connectivity index (χ0) is 13.9. The average Bonchev–Trinajstić information content (AvgIpc) is 3.09. The van der Waals surface area contributed by atoms with Gasteiger partial charge in [0.2, 0.25) is 12.3 Å². The van der Waals surface area contributed by atoms with Gasteiger partial charge in [-0.3, -0.25) is 0 Å². The van der Waals surface area contributed by atoms with Crippen molar-refractivity contribution in [1.29, 1.82) is 0 Å². The number of thiophene rings is 1. The van der Waals surface area contributed by atoms with Crippen LogP contribution in [0, 0.1) is 6.92 Å². The topological polar surface area (TPSA) is 77.0 Å². The summed E-state index contributed by atoms with van der Waals surface area (Å²) in [6.07, 6.45) is 1.33. The maximum atomic E-state index is 5.87. The minimum Gasteiger partial charge on any atom is -0.423 e. The summed E-state index contributed by atoms with van der Waals surface area (Å²) < 4.78 is 5.19. The normalized spacial score (nSPS) is 10.7. The van der Waals surface area contributed by atoms with Gasteiger partial charge >= 0.3 is 0 Å². The summed E-state index contributed by atoms with van der Waals surface area (Å²) in [4.78, 5) is 1.14. The molecule has 3 rings (SSSR count). The molecule has 0 saturated heterocycles. The Hall–Kier alpha value is -2.34. The van der Waals surface area contributed by atoms with E-state index >= 15 is 0 Å². The number of aromatic nitrogens is 2. The second-order valence-electron chi connectivity index (χ2n) is 4.43. The molecule has 0 amide bonds. The fourth-order valence-electron chi connectivity index (χ4n) is 1.96. The maximum Gasteiger partial charge on any atom is 0.247 e. The standard InChI is InChI=1S/C14H14N4OS/c1-9-6-10(14-18-17-8-19-14)2-3-12(9)16-7-13-11(15)4-5-20-13/h2-6,8,16H,7,15H2,1H3. The molecule has 2 aromatic heterocycles. The Balaban J connectivity index is 1.76. The lowest BCUT2D eigenvalue weighted by Gasteiger charge is -2.10. The molecule has 0 aliphatic rings. The molecule has 3 N–H and O–H groups in total. The Bertz CT molecular complexity index is 706. The number of hydrogen-bond acceptors (Lipinski definition) is 6. The SMILES string of the molecule is Cc1cc(-c2nnco2)ccc1NCc1sccc1N. The molecule has 3 aromatic rings. The summed E-state index contributed by atoms with van der Waals surface area (Å²) in [6, 6.07) is 7.92. The first-order valence-corrected chi connectivity index (χ1v) is 7.05. The maximum absolute atomic E-state index is 5.87. The van der Waals surface area contributed by atoms with Crippen molar-refractivity contribution in [2.75, 3.05) is 11.1 Å². The summed E-state index contributed by atoms with van der Waals surface area (Å²) >= 11 is 1.66. The van der Waals surface area contributed by atoms with Crippen LogP contribution in [0.3, 0.4) is 0 Å². The van der Waals surface area contributed by atoms with Crippen LogP contribution in [0.4, 0.5) is 11.4 Å². The lowest BCUT2D eigenvalue weighted by atomic mass is 10.1. The largest absolute Gasteiger partial charge is 0.423 e. The zero-order valence-electron chi connectivity index (χ0n) is 11.0. The van der Waals surface area contributed by atoms with Gasteiger partial charge in [-0.25, -0.2) is 0 Å². The summed E-state index contributed by atoms with van der Waals surface area (Å²) in [5, 5.41) is 13.0. The third-order valence-corrected chi connectivity index (χ3v) is 3.99. The van der Waals surface area contributed by atoms with Crippen LogP contribution in [0.2, 0.25) is 0 Å². The van der Waals surface area contributed by atoms with Gasteiger partial charge in [0, 0.05) is 21.8 Å². The van der Waals surface area contributed by atoms with Crippen molar-refractivity contribution in [2.24, 2.45) is 0 Å². The summed E-state index contributed by atoms with van der Waals surface area (Å²) in [5.41, 5.74) is 9.82. The van der Waals surface area contributed by atoms with Gasteiger partial charge in [-0.15, -0.1) is 21.5 Å². The number of nitrogens with one attached hydrogen (secondary N) is 1. The first-order chi connectivity index (χ1) is 9.74. The smallest absolute Gasteiger partial charge is 0.247 e. The Morgan fingerprint density at radius 3 is 2.90 bits per heavy atom. The molecule has 0 aliphatic heterocycles. The Labute approximate surface area is 120 Å². The molecular weight excluding hydrogens is 272 g/mol. The zero-order valence-corrected chi connectivity index (χ0v) is 11.8. The molecule has 102 valence electrons. The molecule has 1 aromatic carbocycles. The Morgan fingerprint density at radius 2 is 2.25 bits per heavy atom. The fraction of sp³-hybridized carbons (Fsp3) is 0.143. The molecule has 0 spiro atoms. The molecule has 0 saturated carbocycles. The fourth-order valence-corrected chi connectivity index (χ4v) is 2.70. The van der Waals surface area contributed by atoms with E-state index < -0.39 is 0 Å².